The van der Waals surface area contributed by atoms with Gasteiger partial charge in [0, 0.05) is 0 Å². The molecular weight excluding hydrogens is 292 g/mol. The second-order valence-electron chi connectivity index (χ2n) is 5.92. The lowest BCUT2D eigenvalue weighted by molar-refractivity contribution is -0.128. The van der Waals surface area contributed by atoms with Crippen molar-refractivity contribution >= 4 is 28.9 Å². The Labute approximate surface area is 135 Å². The van der Waals surface area contributed by atoms with Crippen molar-refractivity contribution in [1.29, 1.82) is 0 Å². The van der Waals surface area contributed by atoms with E-state index in [0.29, 0.717) is 11.7 Å². The van der Waals surface area contributed by atoms with Gasteiger partial charge in [-0.1, -0.05) is 36.4 Å². The summed E-state index contributed by atoms with van der Waals surface area (Å²) in [6.45, 7) is 0.510. The van der Waals surface area contributed by atoms with Gasteiger partial charge in [-0.05, 0) is 54.2 Å². The van der Waals surface area contributed by atoms with E-state index in [1.54, 1.807) is 4.90 Å². The molecule has 1 unspecified atom stereocenters. The smallest absolute Gasteiger partial charge is 0.242 e. The minimum atomic E-state index is -0.286. The number of rotatable bonds is 2. The van der Waals surface area contributed by atoms with Crippen molar-refractivity contribution in [3.8, 4) is 0 Å². The Kier molecular flexibility index (Phi) is 3.26. The summed E-state index contributed by atoms with van der Waals surface area (Å²) in [5.74, 6) is -0.262. The molecule has 1 amide bonds. The molecule has 110 valence electrons. The van der Waals surface area contributed by atoms with E-state index in [-0.39, 0.29) is 11.8 Å². The second-order valence-corrected chi connectivity index (χ2v) is 6.29. The molecule has 1 aromatic carbocycles. The van der Waals surface area contributed by atoms with E-state index in [1.165, 1.54) is 24.0 Å². The average Bonchev–Trinajstić information content (AvgIpc) is 2.99. The summed E-state index contributed by atoms with van der Waals surface area (Å²) in [6.07, 6.45) is 11.1. The molecule has 2 aliphatic carbocycles. The highest BCUT2D eigenvalue weighted by molar-refractivity contribution is 7.80. The lowest BCUT2D eigenvalue weighted by atomic mass is 9.95. The van der Waals surface area contributed by atoms with Crippen molar-refractivity contribution in [3.63, 3.8) is 0 Å². The van der Waals surface area contributed by atoms with Crippen molar-refractivity contribution in [1.82, 2.24) is 4.90 Å². The van der Waals surface area contributed by atoms with Gasteiger partial charge < -0.3 is 0 Å². The van der Waals surface area contributed by atoms with Crippen LogP contribution in [0.2, 0.25) is 0 Å². The van der Waals surface area contributed by atoms with Crippen LogP contribution < -0.4 is 0 Å². The number of fused-ring (bicyclic) bond motifs is 2. The average molecular weight is 308 g/mol. The van der Waals surface area contributed by atoms with Crippen LogP contribution in [0.25, 0.3) is 0 Å². The summed E-state index contributed by atoms with van der Waals surface area (Å²) in [5.41, 5.74) is 4.74. The molecule has 3 nitrogen and oxygen atoms in total. The number of aliphatic imine (C=N–C) groups is 1. The third-order valence-corrected chi connectivity index (χ3v) is 4.80. The van der Waals surface area contributed by atoms with Crippen LogP contribution in [0, 0.1) is 5.92 Å². The molecule has 0 fully saturated rings. The van der Waals surface area contributed by atoms with Gasteiger partial charge in [-0.25, -0.2) is 4.99 Å². The maximum absolute atomic E-state index is 12.7. The van der Waals surface area contributed by atoms with E-state index in [9.17, 15) is 4.79 Å². The number of allylic oxidation sites excluding steroid dienone is 3. The van der Waals surface area contributed by atoms with Crippen molar-refractivity contribution in [3.05, 3.63) is 59.2 Å². The highest BCUT2D eigenvalue weighted by Gasteiger charge is 2.33. The number of carbonyl (C=O) groups excluding carboxylic acids is 1. The summed E-state index contributed by atoms with van der Waals surface area (Å²) in [4.78, 5) is 18.7. The molecule has 0 aromatic heterocycles. The minimum absolute atomic E-state index is 0.0242. The fourth-order valence-electron chi connectivity index (χ4n) is 3.33. The summed E-state index contributed by atoms with van der Waals surface area (Å²) >= 11 is 5.33. The first-order valence-electron chi connectivity index (χ1n) is 7.62. The van der Waals surface area contributed by atoms with Crippen LogP contribution in [-0.2, 0) is 24.2 Å². The Morgan fingerprint density at radius 3 is 3.00 bits per heavy atom. The SMILES string of the molecule is O=C1C2C=CC=CC2=NC(=S)N1Cc1ccc2c(c1)CCC2. The number of hydrogen-bond donors (Lipinski definition) is 0. The molecule has 22 heavy (non-hydrogen) atoms. The zero-order valence-electron chi connectivity index (χ0n) is 12.2. The van der Waals surface area contributed by atoms with Gasteiger partial charge >= 0.3 is 0 Å². The maximum Gasteiger partial charge on any atom is 0.242 e. The van der Waals surface area contributed by atoms with Gasteiger partial charge in [0.25, 0.3) is 0 Å². The van der Waals surface area contributed by atoms with Gasteiger partial charge in [0.15, 0.2) is 0 Å². The molecule has 4 heteroatoms. The van der Waals surface area contributed by atoms with Crippen LogP contribution in [0.15, 0.2) is 47.5 Å². The van der Waals surface area contributed by atoms with Gasteiger partial charge in [-0.15, -0.1) is 0 Å². The van der Waals surface area contributed by atoms with Crippen LogP contribution in [-0.4, -0.2) is 21.6 Å². The largest absolute Gasteiger partial charge is 0.282 e. The topological polar surface area (TPSA) is 32.7 Å². The van der Waals surface area contributed by atoms with Crippen LogP contribution in [0.3, 0.4) is 0 Å². The molecule has 0 radical (unpaired) electrons. The molecule has 1 heterocycles. The zero-order chi connectivity index (χ0) is 15.1. The molecule has 1 aliphatic heterocycles. The molecule has 0 spiro atoms. The molecule has 1 aromatic rings. The first-order valence-corrected chi connectivity index (χ1v) is 8.03. The molecule has 0 saturated heterocycles. The van der Waals surface area contributed by atoms with E-state index in [1.807, 2.05) is 24.3 Å². The standard InChI is InChI=1S/C18H16N2OS/c21-17-15-6-1-2-7-16(15)19-18(22)20(17)11-12-8-9-13-4-3-5-14(13)10-12/h1-2,6-10,15H,3-5,11H2. The van der Waals surface area contributed by atoms with Crippen LogP contribution in [0.5, 0.6) is 0 Å². The third-order valence-electron chi connectivity index (χ3n) is 4.49. The third kappa shape index (κ3) is 2.24. The fourth-order valence-corrected chi connectivity index (χ4v) is 3.59. The minimum Gasteiger partial charge on any atom is -0.282 e. The number of thiocarbonyl (C=S) groups is 1. The molecule has 0 N–H and O–H groups in total. The number of benzene rings is 1. The monoisotopic (exact) mass is 308 g/mol. The van der Waals surface area contributed by atoms with Gasteiger partial charge in [-0.2, -0.15) is 0 Å². The predicted molar refractivity (Wildman–Crippen MR) is 90.8 cm³/mol. The Morgan fingerprint density at radius 1 is 1.23 bits per heavy atom. The summed E-state index contributed by atoms with van der Waals surface area (Å²) < 4.78 is 0. The number of amides is 1. The fraction of sp³-hybridized carbons (Fsp3) is 0.278. The number of hydrogen-bond acceptors (Lipinski definition) is 2. The van der Waals surface area contributed by atoms with Crippen molar-refractivity contribution in [2.45, 2.75) is 25.8 Å². The van der Waals surface area contributed by atoms with Crippen LogP contribution in [0.4, 0.5) is 0 Å². The number of carbonyl (C=O) groups is 1. The van der Waals surface area contributed by atoms with Crippen LogP contribution in [0.1, 0.15) is 23.1 Å². The number of nitrogens with zero attached hydrogens (tertiary/aromatic N) is 2. The van der Waals surface area contributed by atoms with Crippen molar-refractivity contribution < 1.29 is 4.79 Å². The lowest BCUT2D eigenvalue weighted by Crippen LogP contribution is -2.45. The zero-order valence-corrected chi connectivity index (χ0v) is 13.0. The number of aryl methyl sites for hydroxylation is 2. The van der Waals surface area contributed by atoms with Crippen molar-refractivity contribution in [2.24, 2.45) is 10.9 Å². The Hall–Kier alpha value is -2.07. The van der Waals surface area contributed by atoms with E-state index in [2.05, 4.69) is 23.2 Å². The highest BCUT2D eigenvalue weighted by atomic mass is 32.1. The van der Waals surface area contributed by atoms with E-state index in [4.69, 9.17) is 12.2 Å². The van der Waals surface area contributed by atoms with Gasteiger partial charge in [0.1, 0.15) is 0 Å². The molecule has 0 bridgehead atoms. The van der Waals surface area contributed by atoms with E-state index in [0.717, 1.165) is 17.7 Å². The van der Waals surface area contributed by atoms with E-state index < -0.39 is 0 Å². The summed E-state index contributed by atoms with van der Waals surface area (Å²) in [6, 6.07) is 6.51. The quantitative estimate of drug-likeness (QED) is 0.787. The molecule has 3 aliphatic rings. The lowest BCUT2D eigenvalue weighted by Gasteiger charge is -2.30. The highest BCUT2D eigenvalue weighted by Crippen LogP contribution is 2.25. The summed E-state index contributed by atoms with van der Waals surface area (Å²) in [7, 11) is 0. The maximum atomic E-state index is 12.7. The molecule has 0 saturated carbocycles. The van der Waals surface area contributed by atoms with E-state index >= 15 is 0 Å². The predicted octanol–water partition coefficient (Wildman–Crippen LogP) is 2.99. The Morgan fingerprint density at radius 2 is 2.09 bits per heavy atom. The second kappa shape index (κ2) is 5.29. The first kappa shape index (κ1) is 13.6. The van der Waals surface area contributed by atoms with Gasteiger partial charge in [0.05, 0.1) is 18.2 Å². The van der Waals surface area contributed by atoms with Gasteiger partial charge in [0.2, 0.25) is 11.0 Å². The normalized spacial score (nSPS) is 22.6. The Bertz CT molecular complexity index is 760. The van der Waals surface area contributed by atoms with Gasteiger partial charge in [-0.3, -0.25) is 9.69 Å². The van der Waals surface area contributed by atoms with Crippen LogP contribution >= 0.6 is 12.2 Å². The van der Waals surface area contributed by atoms with Crippen molar-refractivity contribution in [2.75, 3.05) is 0 Å². The molecule has 4 rings (SSSR count). The Balaban J connectivity index is 1.61. The molecular formula is C18H16N2OS. The molecule has 1 atom stereocenters. The first-order chi connectivity index (χ1) is 10.7. The summed E-state index contributed by atoms with van der Waals surface area (Å²) in [5, 5.41) is 0.372.